The minimum atomic E-state index is 0.672. The van der Waals surface area contributed by atoms with Crippen molar-refractivity contribution >= 4 is 0 Å². The van der Waals surface area contributed by atoms with Gasteiger partial charge in [-0.2, -0.15) is 15.3 Å². The fourth-order valence-corrected chi connectivity index (χ4v) is 1.96. The van der Waals surface area contributed by atoms with Crippen molar-refractivity contribution in [1.82, 2.24) is 30.7 Å². The van der Waals surface area contributed by atoms with Gasteiger partial charge in [0.2, 0.25) is 0 Å². The van der Waals surface area contributed by atoms with Gasteiger partial charge in [-0.15, -0.1) is 0 Å². The number of rotatable bonds is 5. The third-order valence-corrected chi connectivity index (χ3v) is 2.92. The SMILES string of the molecule is c1cncc(-c2[nH]ncc2CNCc2cccnn2)c1. The first-order chi connectivity index (χ1) is 9.93. The standard InChI is InChI=1S/C14H14N6/c1-3-11(7-15-5-1)14-12(9-18-20-14)8-16-10-13-4-2-6-17-19-13/h1-7,9,16H,8,10H2,(H,18,20). The summed E-state index contributed by atoms with van der Waals surface area (Å²) in [5.74, 6) is 0. The van der Waals surface area contributed by atoms with Gasteiger partial charge in [-0.05, 0) is 24.3 Å². The van der Waals surface area contributed by atoms with Gasteiger partial charge in [0, 0.05) is 42.8 Å². The average Bonchev–Trinajstić information content (AvgIpc) is 2.98. The van der Waals surface area contributed by atoms with E-state index in [4.69, 9.17) is 0 Å². The highest BCUT2D eigenvalue weighted by molar-refractivity contribution is 5.61. The summed E-state index contributed by atoms with van der Waals surface area (Å²) in [5, 5.41) is 18.3. The molecule has 3 heterocycles. The summed E-state index contributed by atoms with van der Waals surface area (Å²) in [5.41, 5.74) is 4.03. The van der Waals surface area contributed by atoms with Crippen LogP contribution in [0.5, 0.6) is 0 Å². The number of nitrogens with zero attached hydrogens (tertiary/aromatic N) is 4. The Labute approximate surface area is 116 Å². The number of aromatic nitrogens is 5. The molecule has 3 aromatic heterocycles. The molecule has 3 aromatic rings. The highest BCUT2D eigenvalue weighted by atomic mass is 15.1. The lowest BCUT2D eigenvalue weighted by molar-refractivity contribution is 0.671. The van der Waals surface area contributed by atoms with Gasteiger partial charge in [-0.3, -0.25) is 10.1 Å². The summed E-state index contributed by atoms with van der Waals surface area (Å²) < 4.78 is 0. The Kier molecular flexibility index (Phi) is 3.75. The van der Waals surface area contributed by atoms with Gasteiger partial charge >= 0.3 is 0 Å². The van der Waals surface area contributed by atoms with Gasteiger partial charge in [0.15, 0.2) is 0 Å². The Morgan fingerprint density at radius 2 is 2.00 bits per heavy atom. The van der Waals surface area contributed by atoms with E-state index < -0.39 is 0 Å². The van der Waals surface area contributed by atoms with Gasteiger partial charge in [0.1, 0.15) is 0 Å². The van der Waals surface area contributed by atoms with Crippen LogP contribution in [0.3, 0.4) is 0 Å². The van der Waals surface area contributed by atoms with Crippen LogP contribution in [0.2, 0.25) is 0 Å². The maximum atomic E-state index is 4.12. The zero-order valence-electron chi connectivity index (χ0n) is 10.8. The minimum absolute atomic E-state index is 0.672. The Morgan fingerprint density at radius 1 is 1.05 bits per heavy atom. The second kappa shape index (κ2) is 6.03. The molecule has 0 radical (unpaired) electrons. The molecule has 0 bridgehead atoms. The van der Waals surface area contributed by atoms with Gasteiger partial charge in [0.05, 0.1) is 17.6 Å². The molecule has 0 unspecified atom stereocenters. The Morgan fingerprint density at radius 3 is 2.80 bits per heavy atom. The lowest BCUT2D eigenvalue weighted by Gasteiger charge is -2.05. The summed E-state index contributed by atoms with van der Waals surface area (Å²) in [7, 11) is 0. The van der Waals surface area contributed by atoms with Crippen LogP contribution >= 0.6 is 0 Å². The molecular weight excluding hydrogens is 252 g/mol. The molecule has 0 amide bonds. The minimum Gasteiger partial charge on any atom is -0.307 e. The molecule has 6 heteroatoms. The van der Waals surface area contributed by atoms with E-state index in [-0.39, 0.29) is 0 Å². The molecule has 0 aliphatic rings. The number of hydrogen-bond donors (Lipinski definition) is 2. The van der Waals surface area contributed by atoms with Crippen LogP contribution in [0.4, 0.5) is 0 Å². The fraction of sp³-hybridized carbons (Fsp3) is 0.143. The predicted molar refractivity (Wildman–Crippen MR) is 74.4 cm³/mol. The number of pyridine rings is 1. The largest absolute Gasteiger partial charge is 0.307 e. The molecule has 0 saturated heterocycles. The first-order valence-corrected chi connectivity index (χ1v) is 6.33. The van der Waals surface area contributed by atoms with Crippen molar-refractivity contribution in [3.63, 3.8) is 0 Å². The number of aromatic amines is 1. The van der Waals surface area contributed by atoms with Gasteiger partial charge < -0.3 is 5.32 Å². The number of hydrogen-bond acceptors (Lipinski definition) is 5. The molecule has 3 rings (SSSR count). The van der Waals surface area contributed by atoms with Crippen LogP contribution in [0, 0.1) is 0 Å². The first-order valence-electron chi connectivity index (χ1n) is 6.33. The molecule has 100 valence electrons. The van der Waals surface area contributed by atoms with Crippen molar-refractivity contribution in [2.75, 3.05) is 0 Å². The van der Waals surface area contributed by atoms with E-state index in [1.54, 1.807) is 12.4 Å². The molecule has 2 N–H and O–H groups in total. The van der Waals surface area contributed by atoms with Crippen molar-refractivity contribution < 1.29 is 0 Å². The third-order valence-electron chi connectivity index (χ3n) is 2.92. The van der Waals surface area contributed by atoms with Crippen molar-refractivity contribution in [1.29, 1.82) is 0 Å². The second-order valence-electron chi connectivity index (χ2n) is 4.33. The lowest BCUT2D eigenvalue weighted by atomic mass is 10.1. The van der Waals surface area contributed by atoms with Gasteiger partial charge in [-0.25, -0.2) is 0 Å². The van der Waals surface area contributed by atoms with Crippen LogP contribution in [0.25, 0.3) is 11.3 Å². The summed E-state index contributed by atoms with van der Waals surface area (Å²) in [6.07, 6.45) is 7.07. The molecular formula is C14H14N6. The van der Waals surface area contributed by atoms with Crippen LogP contribution in [-0.2, 0) is 13.1 Å². The van der Waals surface area contributed by atoms with E-state index in [1.807, 2.05) is 36.7 Å². The number of nitrogens with one attached hydrogen (secondary N) is 2. The quantitative estimate of drug-likeness (QED) is 0.732. The molecule has 0 fully saturated rings. The van der Waals surface area contributed by atoms with Crippen LogP contribution < -0.4 is 5.32 Å². The number of H-pyrrole nitrogens is 1. The molecule has 20 heavy (non-hydrogen) atoms. The summed E-state index contributed by atoms with van der Waals surface area (Å²) >= 11 is 0. The summed E-state index contributed by atoms with van der Waals surface area (Å²) in [6, 6.07) is 7.74. The van der Waals surface area contributed by atoms with Crippen LogP contribution in [0.15, 0.2) is 49.1 Å². The third kappa shape index (κ3) is 2.86. The van der Waals surface area contributed by atoms with Crippen molar-refractivity contribution in [3.05, 3.63) is 60.3 Å². The van der Waals surface area contributed by atoms with Crippen LogP contribution in [0.1, 0.15) is 11.3 Å². The zero-order valence-corrected chi connectivity index (χ0v) is 10.8. The maximum Gasteiger partial charge on any atom is 0.0769 e. The summed E-state index contributed by atoms with van der Waals surface area (Å²) in [4.78, 5) is 4.12. The fourth-order valence-electron chi connectivity index (χ4n) is 1.96. The van der Waals surface area contributed by atoms with Gasteiger partial charge in [0.25, 0.3) is 0 Å². The van der Waals surface area contributed by atoms with Gasteiger partial charge in [-0.1, -0.05) is 0 Å². The van der Waals surface area contributed by atoms with E-state index in [2.05, 4.69) is 30.7 Å². The highest BCUT2D eigenvalue weighted by Gasteiger charge is 2.07. The molecule has 0 saturated carbocycles. The van der Waals surface area contributed by atoms with E-state index >= 15 is 0 Å². The normalized spacial score (nSPS) is 10.6. The van der Waals surface area contributed by atoms with Crippen molar-refractivity contribution in [2.24, 2.45) is 0 Å². The Hall–Kier alpha value is -2.60. The summed E-state index contributed by atoms with van der Waals surface area (Å²) in [6.45, 7) is 1.38. The lowest BCUT2D eigenvalue weighted by Crippen LogP contribution is -2.14. The molecule has 0 atom stereocenters. The van der Waals surface area contributed by atoms with E-state index in [0.29, 0.717) is 13.1 Å². The van der Waals surface area contributed by atoms with E-state index in [9.17, 15) is 0 Å². The molecule has 6 nitrogen and oxygen atoms in total. The predicted octanol–water partition coefficient (Wildman–Crippen LogP) is 1.55. The monoisotopic (exact) mass is 266 g/mol. The van der Waals surface area contributed by atoms with E-state index in [1.165, 1.54) is 0 Å². The Balaban J connectivity index is 1.66. The smallest absolute Gasteiger partial charge is 0.0769 e. The zero-order chi connectivity index (χ0) is 13.6. The van der Waals surface area contributed by atoms with Crippen LogP contribution in [-0.4, -0.2) is 25.4 Å². The van der Waals surface area contributed by atoms with E-state index in [0.717, 1.165) is 22.5 Å². The van der Waals surface area contributed by atoms with Crippen molar-refractivity contribution in [3.8, 4) is 11.3 Å². The highest BCUT2D eigenvalue weighted by Crippen LogP contribution is 2.19. The van der Waals surface area contributed by atoms with Crippen molar-refractivity contribution in [2.45, 2.75) is 13.1 Å². The second-order valence-corrected chi connectivity index (χ2v) is 4.33. The molecule has 0 spiro atoms. The topological polar surface area (TPSA) is 79.4 Å². The maximum absolute atomic E-state index is 4.12. The molecule has 0 aliphatic carbocycles. The molecule has 0 aliphatic heterocycles. The first kappa shape index (κ1) is 12.4. The molecule has 0 aromatic carbocycles. The average molecular weight is 266 g/mol. The Bertz CT molecular complexity index is 650.